The van der Waals surface area contributed by atoms with Crippen LogP contribution in [0.15, 0.2) is 40.5 Å². The van der Waals surface area contributed by atoms with Gasteiger partial charge in [0.25, 0.3) is 0 Å². The molecule has 0 N–H and O–H groups in total. The summed E-state index contributed by atoms with van der Waals surface area (Å²) in [6.45, 7) is 3.98. The Morgan fingerprint density at radius 1 is 1.20 bits per heavy atom. The minimum atomic E-state index is 0.695. The van der Waals surface area contributed by atoms with Gasteiger partial charge in [0.1, 0.15) is 0 Å². The molecule has 15 heavy (non-hydrogen) atoms. The highest BCUT2D eigenvalue weighted by molar-refractivity contribution is 7.99. The fraction of sp³-hybridized carbons (Fsp3) is 0.182. The highest BCUT2D eigenvalue weighted by Crippen LogP contribution is 2.24. The molecule has 0 atom stereocenters. The summed E-state index contributed by atoms with van der Waals surface area (Å²) < 4.78 is 0. The first-order valence-electron chi connectivity index (χ1n) is 4.65. The predicted molar refractivity (Wildman–Crippen MR) is 59.9 cm³/mol. The molecular weight excluding hydrogens is 206 g/mol. The van der Waals surface area contributed by atoms with E-state index in [1.54, 1.807) is 6.20 Å². The molecule has 1 aromatic heterocycles. The number of nitrogens with zero attached hydrogens (tertiary/aromatic N) is 3. The van der Waals surface area contributed by atoms with Crippen LogP contribution in [0.4, 0.5) is 0 Å². The lowest BCUT2D eigenvalue weighted by Gasteiger charge is -2.00. The molecule has 76 valence electrons. The maximum Gasteiger partial charge on any atom is 0.214 e. The van der Waals surface area contributed by atoms with Crippen molar-refractivity contribution in [3.05, 3.63) is 41.7 Å². The van der Waals surface area contributed by atoms with Gasteiger partial charge in [0.2, 0.25) is 5.16 Å². The van der Waals surface area contributed by atoms with Gasteiger partial charge in [-0.15, -0.1) is 5.10 Å². The quantitative estimate of drug-likeness (QED) is 0.775. The summed E-state index contributed by atoms with van der Waals surface area (Å²) in [5.41, 5.74) is 2.13. The van der Waals surface area contributed by atoms with Gasteiger partial charge in [0.15, 0.2) is 0 Å². The van der Waals surface area contributed by atoms with Crippen molar-refractivity contribution >= 4 is 11.8 Å². The molecule has 0 bridgehead atoms. The maximum absolute atomic E-state index is 4.29. The maximum atomic E-state index is 4.29. The molecule has 0 saturated heterocycles. The molecule has 0 unspecified atom stereocenters. The summed E-state index contributed by atoms with van der Waals surface area (Å²) in [4.78, 5) is 5.43. The zero-order chi connectivity index (χ0) is 10.7. The van der Waals surface area contributed by atoms with Crippen molar-refractivity contribution in [3.8, 4) is 0 Å². The normalized spacial score (nSPS) is 10.3. The zero-order valence-corrected chi connectivity index (χ0v) is 9.45. The standard InChI is InChI=1S/C11H11N3S/c1-8-4-3-5-10(6-8)15-11-13-9(2)7-12-14-11/h3-7H,1-2H3. The van der Waals surface area contributed by atoms with E-state index < -0.39 is 0 Å². The Labute approximate surface area is 93.0 Å². The summed E-state index contributed by atoms with van der Waals surface area (Å²) in [7, 11) is 0. The first kappa shape index (κ1) is 10.1. The Morgan fingerprint density at radius 3 is 2.80 bits per heavy atom. The number of hydrogen-bond acceptors (Lipinski definition) is 4. The third kappa shape index (κ3) is 2.76. The van der Waals surface area contributed by atoms with E-state index in [0.717, 1.165) is 10.6 Å². The molecule has 2 rings (SSSR count). The van der Waals surface area contributed by atoms with Crippen LogP contribution < -0.4 is 0 Å². The molecule has 0 amide bonds. The monoisotopic (exact) mass is 217 g/mol. The van der Waals surface area contributed by atoms with Crippen LogP contribution in [-0.2, 0) is 0 Å². The van der Waals surface area contributed by atoms with Crippen molar-refractivity contribution in [2.75, 3.05) is 0 Å². The lowest BCUT2D eigenvalue weighted by molar-refractivity contribution is 0.816. The second-order valence-electron chi connectivity index (χ2n) is 3.30. The molecule has 0 fully saturated rings. The van der Waals surface area contributed by atoms with Crippen molar-refractivity contribution < 1.29 is 0 Å². The van der Waals surface area contributed by atoms with Crippen molar-refractivity contribution in [3.63, 3.8) is 0 Å². The van der Waals surface area contributed by atoms with Gasteiger partial charge in [-0.05, 0) is 37.7 Å². The van der Waals surface area contributed by atoms with Gasteiger partial charge in [0, 0.05) is 4.90 Å². The van der Waals surface area contributed by atoms with Crippen LogP contribution in [-0.4, -0.2) is 15.2 Å². The molecule has 1 aromatic carbocycles. The summed E-state index contributed by atoms with van der Waals surface area (Å²) in [5.74, 6) is 0. The molecule has 2 aromatic rings. The second-order valence-corrected chi connectivity index (χ2v) is 4.34. The van der Waals surface area contributed by atoms with Crippen LogP contribution >= 0.6 is 11.8 Å². The van der Waals surface area contributed by atoms with Gasteiger partial charge in [-0.3, -0.25) is 0 Å². The van der Waals surface area contributed by atoms with Gasteiger partial charge in [0.05, 0.1) is 11.9 Å². The third-order valence-electron chi connectivity index (χ3n) is 1.86. The highest BCUT2D eigenvalue weighted by atomic mass is 32.2. The number of rotatable bonds is 2. The molecular formula is C11H11N3S. The SMILES string of the molecule is Cc1cccc(Sc2nncc(C)n2)c1. The van der Waals surface area contributed by atoms with Crippen LogP contribution in [0, 0.1) is 13.8 Å². The van der Waals surface area contributed by atoms with Crippen LogP contribution in [0.25, 0.3) is 0 Å². The fourth-order valence-electron chi connectivity index (χ4n) is 1.19. The highest BCUT2D eigenvalue weighted by Gasteiger charge is 2.01. The van der Waals surface area contributed by atoms with E-state index in [2.05, 4.69) is 34.2 Å². The summed E-state index contributed by atoms with van der Waals surface area (Å²) >= 11 is 1.53. The Hall–Kier alpha value is -1.42. The van der Waals surface area contributed by atoms with Crippen LogP contribution in [0.2, 0.25) is 0 Å². The summed E-state index contributed by atoms with van der Waals surface area (Å²) in [6, 6.07) is 8.25. The summed E-state index contributed by atoms with van der Waals surface area (Å²) in [5, 5.41) is 8.53. The van der Waals surface area contributed by atoms with E-state index in [4.69, 9.17) is 0 Å². The number of hydrogen-bond donors (Lipinski definition) is 0. The summed E-state index contributed by atoms with van der Waals surface area (Å²) in [6.07, 6.45) is 1.65. The Bertz CT molecular complexity index is 427. The molecule has 0 spiro atoms. The number of aryl methyl sites for hydroxylation is 2. The lowest BCUT2D eigenvalue weighted by Crippen LogP contribution is -1.91. The lowest BCUT2D eigenvalue weighted by atomic mass is 10.2. The van der Waals surface area contributed by atoms with E-state index in [-0.39, 0.29) is 0 Å². The van der Waals surface area contributed by atoms with Gasteiger partial charge >= 0.3 is 0 Å². The van der Waals surface area contributed by atoms with E-state index in [1.807, 2.05) is 19.1 Å². The van der Waals surface area contributed by atoms with Gasteiger partial charge < -0.3 is 0 Å². The Kier molecular flexibility index (Phi) is 2.97. The van der Waals surface area contributed by atoms with Crippen molar-refractivity contribution in [1.82, 2.24) is 15.2 Å². The molecule has 0 radical (unpaired) electrons. The molecule has 4 heteroatoms. The number of benzene rings is 1. The minimum absolute atomic E-state index is 0.695. The molecule has 0 saturated carbocycles. The van der Waals surface area contributed by atoms with Crippen molar-refractivity contribution in [2.45, 2.75) is 23.9 Å². The molecule has 0 aliphatic carbocycles. The van der Waals surface area contributed by atoms with Gasteiger partial charge in [-0.1, -0.05) is 17.7 Å². The zero-order valence-electron chi connectivity index (χ0n) is 8.64. The Morgan fingerprint density at radius 2 is 2.07 bits per heavy atom. The third-order valence-corrected chi connectivity index (χ3v) is 2.70. The average molecular weight is 217 g/mol. The van der Waals surface area contributed by atoms with Crippen molar-refractivity contribution in [2.24, 2.45) is 0 Å². The average Bonchev–Trinajstić information content (AvgIpc) is 2.17. The van der Waals surface area contributed by atoms with E-state index >= 15 is 0 Å². The molecule has 0 aliphatic heterocycles. The predicted octanol–water partition coefficient (Wildman–Crippen LogP) is 2.64. The van der Waals surface area contributed by atoms with Crippen LogP contribution in [0.3, 0.4) is 0 Å². The first-order valence-corrected chi connectivity index (χ1v) is 5.46. The molecule has 1 heterocycles. The molecule has 0 aliphatic rings. The van der Waals surface area contributed by atoms with E-state index in [9.17, 15) is 0 Å². The van der Waals surface area contributed by atoms with Gasteiger partial charge in [-0.25, -0.2) is 4.98 Å². The Balaban J connectivity index is 2.22. The van der Waals surface area contributed by atoms with E-state index in [0.29, 0.717) is 5.16 Å². The smallest absolute Gasteiger partial charge is 0.214 e. The topological polar surface area (TPSA) is 38.7 Å². The first-order chi connectivity index (χ1) is 7.24. The second kappa shape index (κ2) is 4.40. The van der Waals surface area contributed by atoms with Crippen LogP contribution in [0.1, 0.15) is 11.3 Å². The van der Waals surface area contributed by atoms with Crippen LogP contribution in [0.5, 0.6) is 0 Å². The van der Waals surface area contributed by atoms with E-state index in [1.165, 1.54) is 17.3 Å². The van der Waals surface area contributed by atoms with Crippen molar-refractivity contribution in [1.29, 1.82) is 0 Å². The fourth-order valence-corrected chi connectivity index (χ4v) is 2.07. The number of aromatic nitrogens is 3. The van der Waals surface area contributed by atoms with Gasteiger partial charge in [-0.2, -0.15) is 5.10 Å². The molecule has 3 nitrogen and oxygen atoms in total. The largest absolute Gasteiger partial charge is 0.225 e. The minimum Gasteiger partial charge on any atom is -0.225 e.